The molecule has 0 aliphatic rings. The molecule has 2 heterocycles. The molecule has 6 nitrogen and oxygen atoms in total. The van der Waals surface area contributed by atoms with Gasteiger partial charge in [0.05, 0.1) is 24.0 Å². The third-order valence-electron chi connectivity index (χ3n) is 5.25. The standard InChI is InChI=1S/C26H21N3O3S/c1-31-22-10-6-11-23-25(22)28-26(33-23)29(16-20-9-4-5-14-27-20)24(30)17-32-21-13-12-18-7-2-3-8-19(18)15-21/h2-15H,16-17H2,1H3. The Balaban J connectivity index is 1.42. The molecule has 1 amide bonds. The van der Waals surface area contributed by atoms with Crippen molar-refractivity contribution in [2.24, 2.45) is 0 Å². The predicted octanol–water partition coefficient (Wildman–Crippen LogP) is 5.47. The molecule has 0 saturated carbocycles. The molecule has 0 unspecified atom stereocenters. The monoisotopic (exact) mass is 455 g/mol. The lowest BCUT2D eigenvalue weighted by molar-refractivity contribution is -0.120. The maximum absolute atomic E-state index is 13.3. The van der Waals surface area contributed by atoms with Crippen molar-refractivity contribution in [3.63, 3.8) is 0 Å². The van der Waals surface area contributed by atoms with Crippen molar-refractivity contribution in [2.75, 3.05) is 18.6 Å². The van der Waals surface area contributed by atoms with Crippen molar-refractivity contribution >= 4 is 43.4 Å². The Morgan fingerprint density at radius 3 is 2.64 bits per heavy atom. The van der Waals surface area contributed by atoms with Crippen LogP contribution in [0.15, 0.2) is 85.1 Å². The van der Waals surface area contributed by atoms with E-state index >= 15 is 0 Å². The average Bonchev–Trinajstić information content (AvgIpc) is 3.30. The molecule has 164 valence electrons. The van der Waals surface area contributed by atoms with Gasteiger partial charge in [0.25, 0.3) is 5.91 Å². The number of rotatable bonds is 7. The Kier molecular flexibility index (Phi) is 5.87. The summed E-state index contributed by atoms with van der Waals surface area (Å²) in [6, 6.07) is 25.2. The molecule has 0 bridgehead atoms. The number of hydrogen-bond donors (Lipinski definition) is 0. The maximum Gasteiger partial charge on any atom is 0.267 e. The van der Waals surface area contributed by atoms with E-state index in [2.05, 4.69) is 4.98 Å². The van der Waals surface area contributed by atoms with Crippen LogP contribution in [-0.4, -0.2) is 29.6 Å². The van der Waals surface area contributed by atoms with E-state index in [-0.39, 0.29) is 12.5 Å². The zero-order valence-electron chi connectivity index (χ0n) is 18.0. The Labute approximate surface area is 195 Å². The number of carbonyl (C=O) groups is 1. The van der Waals surface area contributed by atoms with Gasteiger partial charge in [-0.25, -0.2) is 4.98 Å². The van der Waals surface area contributed by atoms with Gasteiger partial charge in [-0.05, 0) is 47.2 Å². The zero-order chi connectivity index (χ0) is 22.6. The molecule has 5 aromatic rings. The number of aromatic nitrogens is 2. The highest BCUT2D eigenvalue weighted by Gasteiger charge is 2.22. The molecule has 2 aromatic heterocycles. The fourth-order valence-electron chi connectivity index (χ4n) is 3.59. The van der Waals surface area contributed by atoms with Crippen LogP contribution in [0, 0.1) is 0 Å². The van der Waals surface area contributed by atoms with E-state index in [9.17, 15) is 4.79 Å². The summed E-state index contributed by atoms with van der Waals surface area (Å²) in [5.41, 5.74) is 1.50. The van der Waals surface area contributed by atoms with Crippen molar-refractivity contribution in [3.8, 4) is 11.5 Å². The molecule has 0 fully saturated rings. The molecule has 33 heavy (non-hydrogen) atoms. The summed E-state index contributed by atoms with van der Waals surface area (Å²) in [6.07, 6.45) is 1.71. The van der Waals surface area contributed by atoms with Crippen LogP contribution in [0.2, 0.25) is 0 Å². The van der Waals surface area contributed by atoms with Gasteiger partial charge in [-0.1, -0.05) is 53.8 Å². The molecular formula is C26H21N3O3S. The van der Waals surface area contributed by atoms with E-state index in [1.807, 2.05) is 78.9 Å². The van der Waals surface area contributed by atoms with Crippen LogP contribution in [0.4, 0.5) is 5.13 Å². The number of hydrogen-bond acceptors (Lipinski definition) is 6. The number of methoxy groups -OCH3 is 1. The van der Waals surface area contributed by atoms with Gasteiger partial charge in [0.1, 0.15) is 17.0 Å². The number of amides is 1. The molecule has 0 atom stereocenters. The highest BCUT2D eigenvalue weighted by Crippen LogP contribution is 2.34. The smallest absolute Gasteiger partial charge is 0.267 e. The van der Waals surface area contributed by atoms with E-state index in [1.54, 1.807) is 18.2 Å². The number of pyridine rings is 1. The van der Waals surface area contributed by atoms with Crippen LogP contribution in [0.3, 0.4) is 0 Å². The zero-order valence-corrected chi connectivity index (χ0v) is 18.8. The fourth-order valence-corrected chi connectivity index (χ4v) is 4.59. The number of ether oxygens (including phenoxy) is 2. The van der Waals surface area contributed by atoms with Crippen molar-refractivity contribution in [3.05, 3.63) is 90.8 Å². The third-order valence-corrected chi connectivity index (χ3v) is 6.30. The summed E-state index contributed by atoms with van der Waals surface area (Å²) in [5.74, 6) is 1.12. The minimum Gasteiger partial charge on any atom is -0.494 e. The lowest BCUT2D eigenvalue weighted by atomic mass is 10.1. The largest absolute Gasteiger partial charge is 0.494 e. The van der Waals surface area contributed by atoms with Crippen LogP contribution in [-0.2, 0) is 11.3 Å². The molecule has 0 saturated heterocycles. The molecule has 7 heteroatoms. The Hall–Kier alpha value is -3.97. The first-order valence-corrected chi connectivity index (χ1v) is 11.3. The number of fused-ring (bicyclic) bond motifs is 2. The number of anilines is 1. The van der Waals surface area contributed by atoms with Gasteiger partial charge in [-0.2, -0.15) is 0 Å². The van der Waals surface area contributed by atoms with Gasteiger partial charge in [0, 0.05) is 6.20 Å². The number of benzene rings is 3. The highest BCUT2D eigenvalue weighted by molar-refractivity contribution is 7.22. The second kappa shape index (κ2) is 9.26. The van der Waals surface area contributed by atoms with Crippen LogP contribution >= 0.6 is 11.3 Å². The molecule has 0 radical (unpaired) electrons. The van der Waals surface area contributed by atoms with Crippen molar-refractivity contribution in [1.82, 2.24) is 9.97 Å². The Bertz CT molecular complexity index is 1420. The maximum atomic E-state index is 13.3. The lowest BCUT2D eigenvalue weighted by Gasteiger charge is -2.19. The van der Waals surface area contributed by atoms with E-state index < -0.39 is 0 Å². The minimum atomic E-state index is -0.202. The molecule has 0 N–H and O–H groups in total. The lowest BCUT2D eigenvalue weighted by Crippen LogP contribution is -2.34. The molecule has 0 aliphatic carbocycles. The summed E-state index contributed by atoms with van der Waals surface area (Å²) in [7, 11) is 1.61. The SMILES string of the molecule is COc1cccc2sc(N(Cc3ccccn3)C(=O)COc3ccc4ccccc4c3)nc12. The minimum absolute atomic E-state index is 0.113. The van der Waals surface area contributed by atoms with Crippen LogP contribution < -0.4 is 14.4 Å². The predicted molar refractivity (Wildman–Crippen MR) is 131 cm³/mol. The molecule has 5 rings (SSSR count). The summed E-state index contributed by atoms with van der Waals surface area (Å²) in [4.78, 5) is 24.0. The average molecular weight is 456 g/mol. The van der Waals surface area contributed by atoms with Gasteiger partial charge in [-0.15, -0.1) is 0 Å². The summed E-state index contributed by atoms with van der Waals surface area (Å²) in [6.45, 7) is 0.182. The van der Waals surface area contributed by atoms with E-state index in [1.165, 1.54) is 11.3 Å². The van der Waals surface area contributed by atoms with Crippen LogP contribution in [0.5, 0.6) is 11.5 Å². The van der Waals surface area contributed by atoms with Crippen molar-refractivity contribution in [2.45, 2.75) is 6.54 Å². The first kappa shape index (κ1) is 20.9. The molecule has 0 spiro atoms. The number of carbonyl (C=O) groups excluding carboxylic acids is 1. The van der Waals surface area contributed by atoms with Gasteiger partial charge in [0.2, 0.25) is 0 Å². The number of thiazole rings is 1. The Morgan fingerprint density at radius 1 is 0.970 bits per heavy atom. The Morgan fingerprint density at radius 2 is 1.82 bits per heavy atom. The van der Waals surface area contributed by atoms with Crippen LogP contribution in [0.1, 0.15) is 5.69 Å². The van der Waals surface area contributed by atoms with Crippen LogP contribution in [0.25, 0.3) is 21.0 Å². The van der Waals surface area contributed by atoms with E-state index in [4.69, 9.17) is 14.5 Å². The van der Waals surface area contributed by atoms with E-state index in [0.717, 1.165) is 26.7 Å². The second-order valence-corrected chi connectivity index (χ2v) is 8.41. The molecular weight excluding hydrogens is 434 g/mol. The first-order valence-electron chi connectivity index (χ1n) is 10.5. The van der Waals surface area contributed by atoms with Gasteiger partial charge >= 0.3 is 0 Å². The van der Waals surface area contributed by atoms with Gasteiger partial charge in [0.15, 0.2) is 11.7 Å². The highest BCUT2D eigenvalue weighted by atomic mass is 32.1. The first-order chi connectivity index (χ1) is 16.2. The van der Waals surface area contributed by atoms with E-state index in [0.29, 0.717) is 23.2 Å². The summed E-state index contributed by atoms with van der Waals surface area (Å²) in [5, 5.41) is 2.76. The molecule has 0 aliphatic heterocycles. The number of para-hydroxylation sites is 1. The topological polar surface area (TPSA) is 64.5 Å². The molecule has 3 aromatic carbocycles. The third kappa shape index (κ3) is 4.49. The van der Waals surface area contributed by atoms with Gasteiger partial charge in [-0.3, -0.25) is 14.7 Å². The number of nitrogens with zero attached hydrogens (tertiary/aromatic N) is 3. The van der Waals surface area contributed by atoms with Gasteiger partial charge < -0.3 is 9.47 Å². The van der Waals surface area contributed by atoms with Crippen molar-refractivity contribution < 1.29 is 14.3 Å². The quantitative estimate of drug-likeness (QED) is 0.326. The summed E-state index contributed by atoms with van der Waals surface area (Å²) >= 11 is 1.44. The summed E-state index contributed by atoms with van der Waals surface area (Å²) < 4.78 is 12.3. The van der Waals surface area contributed by atoms with Crippen molar-refractivity contribution in [1.29, 1.82) is 0 Å². The second-order valence-electron chi connectivity index (χ2n) is 7.40. The normalized spacial score (nSPS) is 10.9. The fraction of sp³-hybridized carbons (Fsp3) is 0.115.